The molecule has 3 heterocycles. The molecule has 36 heavy (non-hydrogen) atoms. The second kappa shape index (κ2) is 9.19. The number of carbonyl (C=O) groups excluding carboxylic acids is 1. The lowest BCUT2D eigenvalue weighted by molar-refractivity contribution is -0.137. The SMILES string of the molecule is CC(C)(C)OC(=O)N1CCN(c2ncnc3c(F)c(-c4c(OO)ccc5ccccc45)ncc23)CC1. The molecular formula is C26H26FN5O4. The molecule has 1 saturated heterocycles. The van der Waals surface area contributed by atoms with Crippen LogP contribution >= 0.6 is 0 Å². The topological polar surface area (TPSA) is 101 Å². The molecule has 0 spiro atoms. The van der Waals surface area contributed by atoms with Gasteiger partial charge in [-0.2, -0.15) is 0 Å². The molecule has 4 aromatic rings. The Morgan fingerprint density at radius 2 is 1.75 bits per heavy atom. The number of ether oxygens (including phenoxy) is 1. The Morgan fingerprint density at radius 1 is 1.00 bits per heavy atom. The van der Waals surface area contributed by atoms with Crippen LogP contribution in [0.5, 0.6) is 5.75 Å². The quantitative estimate of drug-likeness (QED) is 0.319. The minimum Gasteiger partial charge on any atom is -0.444 e. The van der Waals surface area contributed by atoms with Crippen molar-refractivity contribution in [2.24, 2.45) is 0 Å². The molecule has 0 saturated carbocycles. The summed E-state index contributed by atoms with van der Waals surface area (Å²) in [7, 11) is 0. The molecule has 186 valence electrons. The van der Waals surface area contributed by atoms with Gasteiger partial charge in [-0.1, -0.05) is 30.3 Å². The highest BCUT2D eigenvalue weighted by Gasteiger charge is 2.28. The number of halogens is 1. The number of anilines is 1. The van der Waals surface area contributed by atoms with Crippen LogP contribution < -0.4 is 9.79 Å². The number of piperazine rings is 1. The smallest absolute Gasteiger partial charge is 0.410 e. The lowest BCUT2D eigenvalue weighted by atomic mass is 9.99. The fourth-order valence-electron chi connectivity index (χ4n) is 4.40. The first kappa shape index (κ1) is 23.7. The van der Waals surface area contributed by atoms with Gasteiger partial charge in [0.2, 0.25) is 0 Å². The van der Waals surface area contributed by atoms with Crippen LogP contribution in [0.1, 0.15) is 20.8 Å². The molecule has 0 radical (unpaired) electrons. The van der Waals surface area contributed by atoms with E-state index in [4.69, 9.17) is 4.74 Å². The van der Waals surface area contributed by atoms with Crippen LogP contribution in [0.2, 0.25) is 0 Å². The van der Waals surface area contributed by atoms with Gasteiger partial charge in [-0.3, -0.25) is 4.98 Å². The van der Waals surface area contributed by atoms with E-state index >= 15 is 4.39 Å². The summed E-state index contributed by atoms with van der Waals surface area (Å²) < 4.78 is 21.4. The molecule has 5 rings (SSSR count). The average molecular weight is 492 g/mol. The van der Waals surface area contributed by atoms with Crippen molar-refractivity contribution in [2.75, 3.05) is 31.1 Å². The number of pyridine rings is 1. The highest BCUT2D eigenvalue weighted by Crippen LogP contribution is 2.39. The number of amides is 1. The van der Waals surface area contributed by atoms with Crippen molar-refractivity contribution in [3.8, 4) is 17.0 Å². The molecule has 0 bridgehead atoms. The normalized spacial score (nSPS) is 14.4. The molecule has 1 N–H and O–H groups in total. The van der Waals surface area contributed by atoms with E-state index in [1.807, 2.05) is 49.9 Å². The molecule has 1 fully saturated rings. The van der Waals surface area contributed by atoms with Crippen LogP contribution in [0.25, 0.3) is 32.9 Å². The molecule has 9 nitrogen and oxygen atoms in total. The standard InChI is InChI=1S/C26H26FN5O4/c1-26(2,3)35-25(33)32-12-10-31(11-13-32)24-18-14-28-23(21(27)22(18)29-15-30-24)20-17-7-5-4-6-16(17)8-9-19(20)36-34/h4-9,14-15,34H,10-13H2,1-3H3. The van der Waals surface area contributed by atoms with Crippen LogP contribution in [0.3, 0.4) is 0 Å². The second-order valence-corrected chi connectivity index (χ2v) is 9.59. The number of aromatic nitrogens is 3. The number of hydrogen-bond acceptors (Lipinski definition) is 8. The van der Waals surface area contributed by atoms with Gasteiger partial charge in [-0.15, -0.1) is 0 Å². The number of nitrogens with zero attached hydrogens (tertiary/aromatic N) is 5. The minimum atomic E-state index is -0.641. The third-order valence-corrected chi connectivity index (χ3v) is 6.06. The van der Waals surface area contributed by atoms with Crippen LogP contribution in [0.15, 0.2) is 48.9 Å². The zero-order valence-electron chi connectivity index (χ0n) is 20.2. The molecule has 10 heteroatoms. The molecule has 1 amide bonds. The van der Waals surface area contributed by atoms with Crippen molar-refractivity contribution in [2.45, 2.75) is 26.4 Å². The lowest BCUT2D eigenvalue weighted by Crippen LogP contribution is -2.50. The van der Waals surface area contributed by atoms with Gasteiger partial charge in [-0.25, -0.2) is 24.4 Å². The minimum absolute atomic E-state index is 0.0164. The fraction of sp³-hybridized carbons (Fsp3) is 0.308. The Balaban J connectivity index is 1.49. The number of hydrogen-bond donors (Lipinski definition) is 1. The Bertz CT molecular complexity index is 1450. The van der Waals surface area contributed by atoms with Crippen LogP contribution in [-0.4, -0.2) is 63.0 Å². The second-order valence-electron chi connectivity index (χ2n) is 9.59. The highest BCUT2D eigenvalue weighted by atomic mass is 19.1. The number of rotatable bonds is 3. The molecular weight excluding hydrogens is 465 g/mol. The number of fused-ring (bicyclic) bond motifs is 2. The summed E-state index contributed by atoms with van der Waals surface area (Å²) >= 11 is 0. The van der Waals surface area contributed by atoms with Gasteiger partial charge < -0.3 is 19.4 Å². The molecule has 1 aliphatic heterocycles. The summed E-state index contributed by atoms with van der Waals surface area (Å²) in [5, 5.41) is 11.4. The maximum Gasteiger partial charge on any atom is 0.410 e. The molecule has 0 aliphatic carbocycles. The van der Waals surface area contributed by atoms with Crippen molar-refractivity contribution in [1.82, 2.24) is 19.9 Å². The van der Waals surface area contributed by atoms with Crippen molar-refractivity contribution in [3.63, 3.8) is 0 Å². The fourth-order valence-corrected chi connectivity index (χ4v) is 4.40. The number of benzene rings is 2. The zero-order valence-corrected chi connectivity index (χ0v) is 20.2. The third kappa shape index (κ3) is 4.35. The first-order valence-corrected chi connectivity index (χ1v) is 11.6. The van der Waals surface area contributed by atoms with E-state index in [1.165, 1.54) is 12.5 Å². The van der Waals surface area contributed by atoms with Gasteiger partial charge in [0.15, 0.2) is 11.6 Å². The van der Waals surface area contributed by atoms with E-state index in [1.54, 1.807) is 17.0 Å². The summed E-state index contributed by atoms with van der Waals surface area (Å²) in [6.45, 7) is 7.39. The largest absolute Gasteiger partial charge is 0.444 e. The predicted octanol–water partition coefficient (Wildman–Crippen LogP) is 4.89. The van der Waals surface area contributed by atoms with Crippen molar-refractivity contribution >= 4 is 33.6 Å². The summed E-state index contributed by atoms with van der Waals surface area (Å²) in [6, 6.07) is 10.7. The van der Waals surface area contributed by atoms with E-state index < -0.39 is 11.4 Å². The van der Waals surface area contributed by atoms with Crippen LogP contribution in [0, 0.1) is 5.82 Å². The van der Waals surface area contributed by atoms with Crippen molar-refractivity contribution < 1.29 is 24.1 Å². The van der Waals surface area contributed by atoms with E-state index in [-0.39, 0.29) is 23.1 Å². The van der Waals surface area contributed by atoms with E-state index in [9.17, 15) is 10.1 Å². The lowest BCUT2D eigenvalue weighted by Gasteiger charge is -2.36. The highest BCUT2D eigenvalue weighted by molar-refractivity contribution is 6.01. The van der Waals surface area contributed by atoms with Gasteiger partial charge in [0, 0.05) is 32.4 Å². The first-order chi connectivity index (χ1) is 17.3. The molecule has 0 atom stereocenters. The molecule has 1 aliphatic rings. The third-order valence-electron chi connectivity index (χ3n) is 6.06. The molecule has 0 unspecified atom stereocenters. The van der Waals surface area contributed by atoms with Gasteiger partial charge in [0.25, 0.3) is 0 Å². The monoisotopic (exact) mass is 491 g/mol. The zero-order chi connectivity index (χ0) is 25.4. The summed E-state index contributed by atoms with van der Waals surface area (Å²) in [6.07, 6.45) is 2.49. The van der Waals surface area contributed by atoms with Gasteiger partial charge in [-0.05, 0) is 37.6 Å². The summed E-state index contributed by atoms with van der Waals surface area (Å²) in [4.78, 5) is 33.6. The summed E-state index contributed by atoms with van der Waals surface area (Å²) in [5.74, 6) is -0.0106. The Hall–Kier alpha value is -4.05. The van der Waals surface area contributed by atoms with Gasteiger partial charge in [0.05, 0.1) is 10.9 Å². The average Bonchev–Trinajstić information content (AvgIpc) is 2.87. The Morgan fingerprint density at radius 3 is 2.47 bits per heavy atom. The van der Waals surface area contributed by atoms with Crippen LogP contribution in [-0.2, 0) is 4.74 Å². The molecule has 2 aromatic heterocycles. The maximum atomic E-state index is 15.9. The van der Waals surface area contributed by atoms with E-state index in [2.05, 4.69) is 19.8 Å². The first-order valence-electron chi connectivity index (χ1n) is 11.6. The molecule has 2 aromatic carbocycles. The predicted molar refractivity (Wildman–Crippen MR) is 134 cm³/mol. The van der Waals surface area contributed by atoms with Gasteiger partial charge in [0.1, 0.15) is 29.0 Å². The van der Waals surface area contributed by atoms with Crippen molar-refractivity contribution in [1.29, 1.82) is 0 Å². The number of carbonyl (C=O) groups is 1. The van der Waals surface area contributed by atoms with Gasteiger partial charge >= 0.3 is 6.09 Å². The van der Waals surface area contributed by atoms with E-state index in [0.717, 1.165) is 5.39 Å². The Labute approximate surface area is 207 Å². The Kier molecular flexibility index (Phi) is 6.05. The van der Waals surface area contributed by atoms with Crippen molar-refractivity contribution in [3.05, 3.63) is 54.7 Å². The summed E-state index contributed by atoms with van der Waals surface area (Å²) in [5.41, 5.74) is -0.108. The van der Waals surface area contributed by atoms with E-state index in [0.29, 0.717) is 48.3 Å². The maximum absolute atomic E-state index is 15.9. The van der Waals surface area contributed by atoms with Crippen LogP contribution in [0.4, 0.5) is 15.0 Å².